The molecule has 0 spiro atoms. The van der Waals surface area contributed by atoms with Gasteiger partial charge >= 0.3 is 6.18 Å². The monoisotopic (exact) mass is 335 g/mol. The summed E-state index contributed by atoms with van der Waals surface area (Å²) in [4.78, 5) is 1.93. The fourth-order valence-corrected chi connectivity index (χ4v) is 2.84. The van der Waals surface area contributed by atoms with Gasteiger partial charge in [-0.1, -0.05) is 28.4 Å². The quantitative estimate of drug-likeness (QED) is 0.712. The van der Waals surface area contributed by atoms with Crippen molar-refractivity contribution in [2.45, 2.75) is 30.8 Å². The standard InChI is InChI=1S/C14H17BrF3N/c1-19(9-10-3-2-4-10)12-6-5-11(8-15)13(7-12)14(16,17)18/h5-7,10H,2-4,8-9H2,1H3. The molecule has 1 aromatic carbocycles. The molecule has 0 saturated heterocycles. The summed E-state index contributed by atoms with van der Waals surface area (Å²) in [7, 11) is 1.86. The lowest BCUT2D eigenvalue weighted by atomic mass is 9.85. The van der Waals surface area contributed by atoms with E-state index < -0.39 is 11.7 Å². The Morgan fingerprint density at radius 3 is 2.47 bits per heavy atom. The lowest BCUT2D eigenvalue weighted by molar-refractivity contribution is -0.138. The van der Waals surface area contributed by atoms with Crippen LogP contribution in [0.1, 0.15) is 30.4 Å². The van der Waals surface area contributed by atoms with Crippen LogP contribution in [0.25, 0.3) is 0 Å². The van der Waals surface area contributed by atoms with Gasteiger partial charge < -0.3 is 4.90 Å². The summed E-state index contributed by atoms with van der Waals surface area (Å²) in [6.45, 7) is 0.838. The normalized spacial score (nSPS) is 16.3. The first-order valence-corrected chi connectivity index (χ1v) is 7.51. The number of benzene rings is 1. The van der Waals surface area contributed by atoms with E-state index in [0.717, 1.165) is 6.54 Å². The molecular formula is C14H17BrF3N. The van der Waals surface area contributed by atoms with Crippen LogP contribution in [0.5, 0.6) is 0 Å². The van der Waals surface area contributed by atoms with E-state index in [4.69, 9.17) is 0 Å². The minimum absolute atomic E-state index is 0.217. The number of nitrogens with zero attached hydrogens (tertiary/aromatic N) is 1. The molecule has 0 atom stereocenters. The first kappa shape index (κ1) is 14.7. The molecule has 0 aromatic heterocycles. The van der Waals surface area contributed by atoms with Crippen LogP contribution in [0.3, 0.4) is 0 Å². The van der Waals surface area contributed by atoms with Gasteiger partial charge in [0.15, 0.2) is 0 Å². The molecule has 19 heavy (non-hydrogen) atoms. The van der Waals surface area contributed by atoms with E-state index in [0.29, 0.717) is 11.6 Å². The molecule has 0 N–H and O–H groups in total. The molecular weight excluding hydrogens is 319 g/mol. The summed E-state index contributed by atoms with van der Waals surface area (Å²) in [6.07, 6.45) is -0.669. The average molecular weight is 336 g/mol. The number of hydrogen-bond acceptors (Lipinski definition) is 1. The van der Waals surface area contributed by atoms with Gasteiger partial charge in [-0.05, 0) is 36.5 Å². The Labute approximate surface area is 119 Å². The number of rotatable bonds is 4. The topological polar surface area (TPSA) is 3.24 Å². The third-order valence-electron chi connectivity index (χ3n) is 3.74. The van der Waals surface area contributed by atoms with Crippen molar-refractivity contribution in [3.8, 4) is 0 Å². The van der Waals surface area contributed by atoms with Crippen molar-refractivity contribution in [2.75, 3.05) is 18.5 Å². The lowest BCUT2D eigenvalue weighted by Gasteiger charge is -2.31. The van der Waals surface area contributed by atoms with Crippen molar-refractivity contribution in [3.63, 3.8) is 0 Å². The summed E-state index contributed by atoms with van der Waals surface area (Å²) in [5.41, 5.74) is 0.388. The molecule has 1 nitrogen and oxygen atoms in total. The van der Waals surface area contributed by atoms with Crippen molar-refractivity contribution in [2.24, 2.45) is 5.92 Å². The lowest BCUT2D eigenvalue weighted by Crippen LogP contribution is -2.29. The molecule has 0 amide bonds. The maximum atomic E-state index is 13.0. The fourth-order valence-electron chi connectivity index (χ4n) is 2.35. The molecule has 1 fully saturated rings. The summed E-state index contributed by atoms with van der Waals surface area (Å²) in [5, 5.41) is 0.217. The second kappa shape index (κ2) is 5.73. The molecule has 5 heteroatoms. The van der Waals surface area contributed by atoms with Crippen LogP contribution in [-0.2, 0) is 11.5 Å². The molecule has 1 aliphatic carbocycles. The zero-order valence-corrected chi connectivity index (χ0v) is 12.4. The van der Waals surface area contributed by atoms with Crippen LogP contribution in [-0.4, -0.2) is 13.6 Å². The van der Waals surface area contributed by atoms with Gasteiger partial charge in [-0.3, -0.25) is 0 Å². The summed E-state index contributed by atoms with van der Waals surface area (Å²) in [6, 6.07) is 4.59. The van der Waals surface area contributed by atoms with E-state index in [1.165, 1.54) is 25.3 Å². The Hall–Kier alpha value is -0.710. The average Bonchev–Trinajstić information content (AvgIpc) is 2.31. The van der Waals surface area contributed by atoms with Crippen molar-refractivity contribution in [1.29, 1.82) is 0 Å². The van der Waals surface area contributed by atoms with Gasteiger partial charge in [-0.25, -0.2) is 0 Å². The predicted molar refractivity (Wildman–Crippen MR) is 74.7 cm³/mol. The highest BCUT2D eigenvalue weighted by molar-refractivity contribution is 9.08. The van der Waals surface area contributed by atoms with Crippen LogP contribution >= 0.6 is 15.9 Å². The highest BCUT2D eigenvalue weighted by atomic mass is 79.9. The number of alkyl halides is 4. The van der Waals surface area contributed by atoms with Gasteiger partial charge in [-0.15, -0.1) is 0 Å². The van der Waals surface area contributed by atoms with Gasteiger partial charge in [0, 0.05) is 24.6 Å². The molecule has 106 valence electrons. The van der Waals surface area contributed by atoms with Gasteiger partial charge in [-0.2, -0.15) is 13.2 Å². The van der Waals surface area contributed by atoms with Crippen molar-refractivity contribution >= 4 is 21.6 Å². The predicted octanol–water partition coefficient (Wildman–Crippen LogP) is 4.84. The first-order chi connectivity index (χ1) is 8.91. The van der Waals surface area contributed by atoms with E-state index in [2.05, 4.69) is 15.9 Å². The molecule has 0 radical (unpaired) electrons. The van der Waals surface area contributed by atoms with Crippen LogP contribution in [0.15, 0.2) is 18.2 Å². The first-order valence-electron chi connectivity index (χ1n) is 6.39. The second-order valence-corrected chi connectivity index (χ2v) is 5.71. The van der Waals surface area contributed by atoms with Gasteiger partial charge in [0.1, 0.15) is 0 Å². The summed E-state index contributed by atoms with van der Waals surface area (Å²) < 4.78 is 38.9. The molecule has 0 unspecified atom stereocenters. The molecule has 1 aromatic rings. The van der Waals surface area contributed by atoms with E-state index in [-0.39, 0.29) is 10.9 Å². The number of anilines is 1. The minimum Gasteiger partial charge on any atom is -0.374 e. The molecule has 0 bridgehead atoms. The van der Waals surface area contributed by atoms with E-state index in [1.807, 2.05) is 11.9 Å². The van der Waals surface area contributed by atoms with Crippen molar-refractivity contribution < 1.29 is 13.2 Å². The molecule has 1 aliphatic rings. The van der Waals surface area contributed by atoms with Crippen LogP contribution in [0.4, 0.5) is 18.9 Å². The van der Waals surface area contributed by atoms with Crippen LogP contribution < -0.4 is 4.90 Å². The Bertz CT molecular complexity index is 441. The van der Waals surface area contributed by atoms with Gasteiger partial charge in [0.25, 0.3) is 0 Å². The molecule has 2 rings (SSSR count). The van der Waals surface area contributed by atoms with Gasteiger partial charge in [0.05, 0.1) is 5.56 Å². The summed E-state index contributed by atoms with van der Waals surface area (Å²) in [5.74, 6) is 0.634. The van der Waals surface area contributed by atoms with Gasteiger partial charge in [0.2, 0.25) is 0 Å². The smallest absolute Gasteiger partial charge is 0.374 e. The SMILES string of the molecule is CN(CC1CCC1)c1ccc(CBr)c(C(F)(F)F)c1. The molecule has 0 heterocycles. The Morgan fingerprint density at radius 1 is 1.32 bits per heavy atom. The number of hydrogen-bond donors (Lipinski definition) is 0. The number of halogens is 4. The summed E-state index contributed by atoms with van der Waals surface area (Å²) >= 11 is 3.11. The Morgan fingerprint density at radius 2 is 2.00 bits per heavy atom. The fraction of sp³-hybridized carbons (Fsp3) is 0.571. The van der Waals surface area contributed by atoms with E-state index in [9.17, 15) is 13.2 Å². The maximum Gasteiger partial charge on any atom is 0.416 e. The van der Waals surface area contributed by atoms with Crippen molar-refractivity contribution in [1.82, 2.24) is 0 Å². The Balaban J connectivity index is 2.21. The second-order valence-electron chi connectivity index (χ2n) is 5.15. The third kappa shape index (κ3) is 3.44. The van der Waals surface area contributed by atoms with E-state index in [1.54, 1.807) is 12.1 Å². The highest BCUT2D eigenvalue weighted by Gasteiger charge is 2.33. The zero-order chi connectivity index (χ0) is 14.0. The zero-order valence-electron chi connectivity index (χ0n) is 10.8. The van der Waals surface area contributed by atoms with E-state index >= 15 is 0 Å². The van der Waals surface area contributed by atoms with Crippen LogP contribution in [0.2, 0.25) is 0 Å². The Kier molecular flexibility index (Phi) is 4.43. The third-order valence-corrected chi connectivity index (χ3v) is 4.34. The molecule has 0 aliphatic heterocycles. The van der Waals surface area contributed by atoms with Crippen molar-refractivity contribution in [3.05, 3.63) is 29.3 Å². The molecule has 1 saturated carbocycles. The highest BCUT2D eigenvalue weighted by Crippen LogP contribution is 2.36. The van der Waals surface area contributed by atoms with Crippen LogP contribution in [0, 0.1) is 5.92 Å². The minimum atomic E-state index is -4.30. The largest absolute Gasteiger partial charge is 0.416 e. The maximum absolute atomic E-state index is 13.0.